The van der Waals surface area contributed by atoms with Crippen molar-refractivity contribution in [1.82, 2.24) is 19.7 Å². The summed E-state index contributed by atoms with van der Waals surface area (Å²) >= 11 is 5.84. The Morgan fingerprint density at radius 1 is 1.09 bits per heavy atom. The number of hydrogen-bond donors (Lipinski definition) is 1. The number of carbonyl (C=O) groups excluding carboxylic acids is 1. The van der Waals surface area contributed by atoms with Gasteiger partial charge in [-0.15, -0.1) is 5.10 Å². The van der Waals surface area contributed by atoms with E-state index in [0.717, 1.165) is 16.7 Å². The number of benzene rings is 2. The minimum Gasteiger partial charge on any atom is -0.348 e. The van der Waals surface area contributed by atoms with Gasteiger partial charge in [-0.05, 0) is 48.9 Å². The Kier molecular flexibility index (Phi) is 7.63. The van der Waals surface area contributed by atoms with Crippen LogP contribution in [0.5, 0.6) is 0 Å². The Balaban J connectivity index is 1.83. The molecule has 1 atom stereocenters. The Labute approximate surface area is 200 Å². The molecule has 1 unspecified atom stereocenters. The number of aromatic nitrogens is 3. The van der Waals surface area contributed by atoms with Crippen molar-refractivity contribution >= 4 is 17.5 Å². The smallest absolute Gasteiger partial charge is 0.348 e. The number of hydrogen-bond acceptors (Lipinski definition) is 3. The van der Waals surface area contributed by atoms with Gasteiger partial charge in [0.25, 0.3) is 0 Å². The zero-order valence-corrected chi connectivity index (χ0v) is 18.9. The van der Waals surface area contributed by atoms with Crippen molar-refractivity contribution in [3.05, 3.63) is 75.2 Å². The lowest BCUT2D eigenvalue weighted by Gasteiger charge is -2.16. The van der Waals surface area contributed by atoms with Crippen molar-refractivity contribution in [1.29, 1.82) is 0 Å². The van der Waals surface area contributed by atoms with Crippen LogP contribution in [0.1, 0.15) is 30.5 Å². The van der Waals surface area contributed by atoms with E-state index < -0.39 is 55.1 Å². The van der Waals surface area contributed by atoms with Gasteiger partial charge < -0.3 is 5.32 Å². The van der Waals surface area contributed by atoms with Gasteiger partial charge in [-0.1, -0.05) is 23.7 Å². The van der Waals surface area contributed by atoms with Crippen molar-refractivity contribution in [3.8, 4) is 11.4 Å². The first-order chi connectivity index (χ1) is 16.2. The van der Waals surface area contributed by atoms with Gasteiger partial charge in [0, 0.05) is 17.1 Å². The van der Waals surface area contributed by atoms with E-state index in [1.807, 2.05) is 0 Å². The van der Waals surface area contributed by atoms with Crippen molar-refractivity contribution in [2.45, 2.75) is 44.8 Å². The molecule has 0 aliphatic heterocycles. The average Bonchev–Trinajstić information content (AvgIpc) is 3.06. The molecule has 0 spiro atoms. The Morgan fingerprint density at radius 3 is 2.34 bits per heavy atom. The summed E-state index contributed by atoms with van der Waals surface area (Å²) in [5, 5.41) is 6.86. The molecule has 0 saturated carbocycles. The van der Waals surface area contributed by atoms with E-state index in [2.05, 4.69) is 10.4 Å². The zero-order chi connectivity index (χ0) is 26.0. The molecule has 0 radical (unpaired) electrons. The van der Waals surface area contributed by atoms with E-state index in [4.69, 9.17) is 11.6 Å². The van der Waals surface area contributed by atoms with Gasteiger partial charge in [-0.2, -0.15) is 26.3 Å². The third-order valence-corrected chi connectivity index (χ3v) is 5.28. The third kappa shape index (κ3) is 6.87. The fourth-order valence-electron chi connectivity index (χ4n) is 3.29. The predicted octanol–water partition coefficient (Wildman–Crippen LogP) is 5.21. The fraction of sp³-hybridized carbons (Fsp3) is 0.318. The molecule has 0 fully saturated rings. The number of nitrogens with zero attached hydrogens (tertiary/aromatic N) is 3. The number of amides is 1. The maximum absolute atomic E-state index is 13.0. The van der Waals surface area contributed by atoms with E-state index >= 15 is 0 Å². The summed E-state index contributed by atoms with van der Waals surface area (Å²) in [5.41, 5.74) is -1.34. The lowest BCUT2D eigenvalue weighted by molar-refractivity contribution is -0.138. The molecular formula is C22H19ClF6N4O2. The summed E-state index contributed by atoms with van der Waals surface area (Å²) in [6, 6.07) is 9.41. The van der Waals surface area contributed by atoms with Crippen LogP contribution < -0.4 is 11.0 Å². The maximum atomic E-state index is 13.0. The SMILES string of the molecule is CC(NC(=O)Cn1nc(-c2ccc(Cl)cc2)n(CCC(F)(F)F)c1=O)c1cccc(C(F)(F)F)c1. The molecule has 1 heterocycles. The van der Waals surface area contributed by atoms with Crippen LogP contribution in [-0.2, 0) is 24.1 Å². The molecule has 6 nitrogen and oxygen atoms in total. The average molecular weight is 521 g/mol. The highest BCUT2D eigenvalue weighted by Crippen LogP contribution is 2.30. The quantitative estimate of drug-likeness (QED) is 0.435. The normalized spacial score (nSPS) is 13.0. The highest BCUT2D eigenvalue weighted by atomic mass is 35.5. The lowest BCUT2D eigenvalue weighted by atomic mass is 10.0. The molecular weight excluding hydrogens is 502 g/mol. The number of carbonyl (C=O) groups is 1. The fourth-order valence-corrected chi connectivity index (χ4v) is 3.41. The van der Waals surface area contributed by atoms with Crippen molar-refractivity contribution in [3.63, 3.8) is 0 Å². The minimum atomic E-state index is -4.56. The van der Waals surface area contributed by atoms with Crippen molar-refractivity contribution < 1.29 is 31.1 Å². The monoisotopic (exact) mass is 520 g/mol. The first kappa shape index (κ1) is 26.3. The van der Waals surface area contributed by atoms with Crippen molar-refractivity contribution in [2.24, 2.45) is 0 Å². The molecule has 0 aliphatic carbocycles. The second kappa shape index (κ2) is 10.1. The topological polar surface area (TPSA) is 68.9 Å². The summed E-state index contributed by atoms with van der Waals surface area (Å²) in [6.07, 6.45) is -10.4. The Bertz CT molecular complexity index is 1250. The molecule has 0 aliphatic rings. The van der Waals surface area contributed by atoms with E-state index in [0.29, 0.717) is 15.3 Å². The van der Waals surface area contributed by atoms with Gasteiger partial charge in [-0.3, -0.25) is 9.36 Å². The molecule has 1 amide bonds. The summed E-state index contributed by atoms with van der Waals surface area (Å²) < 4.78 is 78.7. The van der Waals surface area contributed by atoms with Gasteiger partial charge in [0.1, 0.15) is 6.54 Å². The number of alkyl halides is 6. The third-order valence-electron chi connectivity index (χ3n) is 5.03. The van der Waals surface area contributed by atoms with Crippen LogP contribution in [0.2, 0.25) is 5.02 Å². The summed E-state index contributed by atoms with van der Waals surface area (Å²) in [6.45, 7) is 0.0848. The molecule has 3 aromatic rings. The standard InChI is InChI=1S/C22H19ClF6N4O2/c1-13(15-3-2-4-16(11-15)22(27,28)29)30-18(34)12-33-20(35)32(10-9-21(24,25)26)19(31-33)14-5-7-17(23)8-6-14/h2-8,11,13H,9-10,12H2,1H3,(H,30,34). The summed E-state index contributed by atoms with van der Waals surface area (Å²) in [4.78, 5) is 25.3. The van der Waals surface area contributed by atoms with E-state index in [1.54, 1.807) is 0 Å². The van der Waals surface area contributed by atoms with Crippen LogP contribution in [0.4, 0.5) is 26.3 Å². The Morgan fingerprint density at radius 2 is 1.74 bits per heavy atom. The second-order valence-corrected chi connectivity index (χ2v) is 8.14. The van der Waals surface area contributed by atoms with Gasteiger partial charge in [0.15, 0.2) is 5.82 Å². The van der Waals surface area contributed by atoms with Crippen LogP contribution in [-0.4, -0.2) is 26.4 Å². The van der Waals surface area contributed by atoms with Crippen LogP contribution in [0.25, 0.3) is 11.4 Å². The predicted molar refractivity (Wildman–Crippen MR) is 116 cm³/mol. The first-order valence-electron chi connectivity index (χ1n) is 10.2. The molecule has 0 saturated heterocycles. The van der Waals surface area contributed by atoms with Crippen LogP contribution in [0.3, 0.4) is 0 Å². The van der Waals surface area contributed by atoms with Gasteiger partial charge in [0.05, 0.1) is 18.0 Å². The lowest BCUT2D eigenvalue weighted by Crippen LogP contribution is -2.35. The molecule has 13 heteroatoms. The molecule has 2 aromatic carbocycles. The second-order valence-electron chi connectivity index (χ2n) is 7.70. The molecule has 1 aromatic heterocycles. The van der Waals surface area contributed by atoms with Crippen LogP contribution in [0.15, 0.2) is 53.3 Å². The van der Waals surface area contributed by atoms with E-state index in [1.165, 1.54) is 43.3 Å². The number of nitrogens with one attached hydrogen (secondary N) is 1. The highest BCUT2D eigenvalue weighted by Gasteiger charge is 2.31. The van der Waals surface area contributed by atoms with Gasteiger partial charge >= 0.3 is 18.0 Å². The Hall–Kier alpha value is -3.28. The van der Waals surface area contributed by atoms with Crippen LogP contribution >= 0.6 is 11.6 Å². The molecule has 35 heavy (non-hydrogen) atoms. The van der Waals surface area contributed by atoms with E-state index in [9.17, 15) is 35.9 Å². The van der Waals surface area contributed by atoms with Gasteiger partial charge in [-0.25, -0.2) is 9.48 Å². The summed E-state index contributed by atoms with van der Waals surface area (Å²) in [7, 11) is 0. The van der Waals surface area contributed by atoms with Crippen molar-refractivity contribution in [2.75, 3.05) is 0 Å². The number of halogens is 7. The molecule has 0 bridgehead atoms. The molecule has 1 N–H and O–H groups in total. The zero-order valence-electron chi connectivity index (χ0n) is 18.1. The maximum Gasteiger partial charge on any atom is 0.416 e. The number of rotatable bonds is 7. The van der Waals surface area contributed by atoms with E-state index in [-0.39, 0.29) is 11.4 Å². The highest BCUT2D eigenvalue weighted by molar-refractivity contribution is 6.30. The molecule has 188 valence electrons. The van der Waals surface area contributed by atoms with Gasteiger partial charge in [0.2, 0.25) is 5.91 Å². The van der Waals surface area contributed by atoms with Crippen LogP contribution in [0, 0.1) is 0 Å². The summed E-state index contributed by atoms with van der Waals surface area (Å²) in [5.74, 6) is -0.852. The minimum absolute atomic E-state index is 0.0883. The molecule has 3 rings (SSSR count). The largest absolute Gasteiger partial charge is 0.416 e. The first-order valence-corrected chi connectivity index (χ1v) is 10.6.